The van der Waals surface area contributed by atoms with Crippen LogP contribution in [0.1, 0.15) is 43.1 Å². The standard InChI is InChI=1S/C16H22F3NO/c1-4-10-20(11-16(17,18)19)12(3)15(21)14-8-6-13(5-2)7-9-14/h6-9,12H,4-5,10-11H2,1-3H3. The van der Waals surface area contributed by atoms with Gasteiger partial charge in [0.05, 0.1) is 12.6 Å². The fourth-order valence-corrected chi connectivity index (χ4v) is 2.24. The maximum Gasteiger partial charge on any atom is 0.401 e. The van der Waals surface area contributed by atoms with E-state index in [2.05, 4.69) is 0 Å². The lowest BCUT2D eigenvalue weighted by Gasteiger charge is -2.28. The molecule has 0 aliphatic carbocycles. The number of halogens is 3. The third-order valence-electron chi connectivity index (χ3n) is 3.47. The molecule has 0 fully saturated rings. The smallest absolute Gasteiger partial charge is 0.292 e. The first-order valence-corrected chi connectivity index (χ1v) is 7.22. The van der Waals surface area contributed by atoms with Crippen LogP contribution in [0.4, 0.5) is 13.2 Å². The zero-order valence-corrected chi connectivity index (χ0v) is 12.7. The Labute approximate surface area is 123 Å². The fourth-order valence-electron chi connectivity index (χ4n) is 2.24. The van der Waals surface area contributed by atoms with Gasteiger partial charge in [-0.3, -0.25) is 9.69 Å². The van der Waals surface area contributed by atoms with Crippen molar-refractivity contribution < 1.29 is 18.0 Å². The average Bonchev–Trinajstić information content (AvgIpc) is 2.44. The molecule has 0 saturated heterocycles. The van der Waals surface area contributed by atoms with Crippen LogP contribution in [0.5, 0.6) is 0 Å². The number of hydrogen-bond acceptors (Lipinski definition) is 2. The first-order valence-electron chi connectivity index (χ1n) is 7.22. The number of nitrogens with zero attached hydrogens (tertiary/aromatic N) is 1. The summed E-state index contributed by atoms with van der Waals surface area (Å²) in [5.41, 5.74) is 1.56. The molecule has 118 valence electrons. The Morgan fingerprint density at radius 1 is 1.19 bits per heavy atom. The maximum atomic E-state index is 12.6. The third-order valence-corrected chi connectivity index (χ3v) is 3.47. The Morgan fingerprint density at radius 2 is 1.76 bits per heavy atom. The van der Waals surface area contributed by atoms with Gasteiger partial charge in [0, 0.05) is 5.56 Å². The second-order valence-corrected chi connectivity index (χ2v) is 5.18. The number of alkyl halides is 3. The second-order valence-electron chi connectivity index (χ2n) is 5.18. The average molecular weight is 301 g/mol. The van der Waals surface area contributed by atoms with Crippen LogP contribution in [0.2, 0.25) is 0 Å². The Hall–Kier alpha value is -1.36. The minimum atomic E-state index is -4.30. The highest BCUT2D eigenvalue weighted by Crippen LogP contribution is 2.20. The topological polar surface area (TPSA) is 20.3 Å². The summed E-state index contributed by atoms with van der Waals surface area (Å²) in [5.74, 6) is -0.268. The zero-order valence-electron chi connectivity index (χ0n) is 12.7. The SMILES string of the molecule is CCCN(CC(F)(F)F)C(C)C(=O)c1ccc(CC)cc1. The molecule has 0 heterocycles. The molecule has 0 radical (unpaired) electrons. The van der Waals surface area contributed by atoms with E-state index in [9.17, 15) is 18.0 Å². The van der Waals surface area contributed by atoms with Crippen molar-refractivity contribution in [2.24, 2.45) is 0 Å². The molecule has 1 aromatic rings. The summed E-state index contributed by atoms with van der Waals surface area (Å²) in [6, 6.07) is 6.28. The van der Waals surface area contributed by atoms with E-state index in [0.717, 1.165) is 12.0 Å². The summed E-state index contributed by atoms with van der Waals surface area (Å²) in [5, 5.41) is 0. The molecule has 1 aromatic carbocycles. The molecule has 21 heavy (non-hydrogen) atoms. The van der Waals surface area contributed by atoms with Crippen LogP contribution < -0.4 is 0 Å². The molecule has 0 spiro atoms. The van der Waals surface area contributed by atoms with Gasteiger partial charge in [-0.15, -0.1) is 0 Å². The number of hydrogen-bond donors (Lipinski definition) is 0. The zero-order chi connectivity index (χ0) is 16.0. The first-order chi connectivity index (χ1) is 9.78. The monoisotopic (exact) mass is 301 g/mol. The summed E-state index contributed by atoms with van der Waals surface area (Å²) in [6.07, 6.45) is -2.86. The number of ketones is 1. The van der Waals surface area contributed by atoms with Gasteiger partial charge >= 0.3 is 6.18 Å². The van der Waals surface area contributed by atoms with Crippen molar-refractivity contribution in [1.29, 1.82) is 0 Å². The van der Waals surface area contributed by atoms with Gasteiger partial charge in [0.2, 0.25) is 0 Å². The molecule has 0 amide bonds. The summed E-state index contributed by atoms with van der Waals surface area (Å²) >= 11 is 0. The minimum absolute atomic E-state index is 0.249. The van der Waals surface area contributed by atoms with Crippen LogP contribution in [-0.2, 0) is 6.42 Å². The Bertz CT molecular complexity index is 454. The summed E-state index contributed by atoms with van der Waals surface area (Å²) in [7, 11) is 0. The summed E-state index contributed by atoms with van der Waals surface area (Å²) in [4.78, 5) is 13.5. The highest BCUT2D eigenvalue weighted by atomic mass is 19.4. The second kappa shape index (κ2) is 7.59. The third kappa shape index (κ3) is 5.50. The van der Waals surface area contributed by atoms with Gasteiger partial charge in [0.25, 0.3) is 0 Å². The lowest BCUT2D eigenvalue weighted by molar-refractivity contribution is -0.148. The normalized spacial score (nSPS) is 13.5. The fraction of sp³-hybridized carbons (Fsp3) is 0.562. The maximum absolute atomic E-state index is 12.6. The van der Waals surface area contributed by atoms with Crippen molar-refractivity contribution in [3.05, 3.63) is 35.4 Å². The van der Waals surface area contributed by atoms with E-state index >= 15 is 0 Å². The van der Waals surface area contributed by atoms with Gasteiger partial charge < -0.3 is 0 Å². The van der Waals surface area contributed by atoms with Crippen molar-refractivity contribution >= 4 is 5.78 Å². The van der Waals surface area contributed by atoms with Crippen LogP contribution in [0.3, 0.4) is 0 Å². The predicted molar refractivity (Wildman–Crippen MR) is 77.5 cm³/mol. The van der Waals surface area contributed by atoms with E-state index in [1.807, 2.05) is 19.1 Å². The quantitative estimate of drug-likeness (QED) is 0.707. The van der Waals surface area contributed by atoms with Crippen LogP contribution in [0, 0.1) is 0 Å². The Kier molecular flexibility index (Phi) is 6.40. The van der Waals surface area contributed by atoms with Gasteiger partial charge in [0.1, 0.15) is 0 Å². The van der Waals surface area contributed by atoms with Crippen LogP contribution >= 0.6 is 0 Å². The van der Waals surface area contributed by atoms with Crippen LogP contribution in [0.25, 0.3) is 0 Å². The van der Waals surface area contributed by atoms with Crippen molar-refractivity contribution in [1.82, 2.24) is 4.90 Å². The lowest BCUT2D eigenvalue weighted by Crippen LogP contribution is -2.44. The first kappa shape index (κ1) is 17.7. The number of aryl methyl sites for hydroxylation is 1. The highest BCUT2D eigenvalue weighted by molar-refractivity contribution is 5.99. The molecule has 1 atom stereocenters. The Balaban J connectivity index is 2.85. The number of benzene rings is 1. The molecule has 2 nitrogen and oxygen atoms in total. The Morgan fingerprint density at radius 3 is 2.19 bits per heavy atom. The van der Waals surface area contributed by atoms with Crippen molar-refractivity contribution in [3.8, 4) is 0 Å². The highest BCUT2D eigenvalue weighted by Gasteiger charge is 2.34. The number of Topliss-reactive ketones (excluding diaryl/α,β-unsaturated/α-hetero) is 1. The summed E-state index contributed by atoms with van der Waals surface area (Å²) < 4.78 is 37.8. The van der Waals surface area contributed by atoms with Crippen molar-refractivity contribution in [2.45, 2.75) is 45.8 Å². The number of carbonyl (C=O) groups is 1. The van der Waals surface area contributed by atoms with Gasteiger partial charge in [-0.25, -0.2) is 0 Å². The molecular weight excluding hydrogens is 279 g/mol. The van der Waals surface area contributed by atoms with E-state index in [0.29, 0.717) is 12.0 Å². The molecule has 0 saturated carbocycles. The molecule has 5 heteroatoms. The lowest BCUT2D eigenvalue weighted by atomic mass is 10.0. The molecule has 0 N–H and O–H groups in total. The van der Waals surface area contributed by atoms with Gasteiger partial charge in [0.15, 0.2) is 5.78 Å². The van der Waals surface area contributed by atoms with Crippen LogP contribution in [-0.4, -0.2) is 36.0 Å². The summed E-state index contributed by atoms with van der Waals surface area (Å²) in [6.45, 7) is 4.54. The van der Waals surface area contributed by atoms with E-state index < -0.39 is 18.8 Å². The van der Waals surface area contributed by atoms with Crippen LogP contribution in [0.15, 0.2) is 24.3 Å². The molecular formula is C16H22F3NO. The van der Waals surface area contributed by atoms with E-state index in [1.165, 1.54) is 11.8 Å². The molecule has 0 aliphatic heterocycles. The minimum Gasteiger partial charge on any atom is -0.292 e. The van der Waals surface area contributed by atoms with Gasteiger partial charge in [-0.05, 0) is 31.9 Å². The molecule has 0 aromatic heterocycles. The molecule has 0 aliphatic rings. The van der Waals surface area contributed by atoms with E-state index in [4.69, 9.17) is 0 Å². The molecule has 0 bridgehead atoms. The van der Waals surface area contributed by atoms with Crippen molar-refractivity contribution in [3.63, 3.8) is 0 Å². The van der Waals surface area contributed by atoms with E-state index in [1.54, 1.807) is 19.1 Å². The van der Waals surface area contributed by atoms with Crippen molar-refractivity contribution in [2.75, 3.05) is 13.1 Å². The largest absolute Gasteiger partial charge is 0.401 e. The van der Waals surface area contributed by atoms with E-state index in [-0.39, 0.29) is 12.3 Å². The number of rotatable bonds is 7. The van der Waals surface area contributed by atoms with Gasteiger partial charge in [-0.1, -0.05) is 38.1 Å². The predicted octanol–water partition coefficient (Wildman–Crippen LogP) is 4.09. The molecule has 1 unspecified atom stereocenters. The number of carbonyl (C=O) groups excluding carboxylic acids is 1. The van der Waals surface area contributed by atoms with Gasteiger partial charge in [-0.2, -0.15) is 13.2 Å². The molecule has 1 rings (SSSR count).